The van der Waals surface area contributed by atoms with Crippen molar-refractivity contribution < 1.29 is 21.6 Å². The average molecular weight is 883 g/mol. The maximum atomic E-state index is 15.6. The summed E-state index contributed by atoms with van der Waals surface area (Å²) in [4.78, 5) is 5.96. The van der Waals surface area contributed by atoms with Crippen LogP contribution in [0, 0.1) is 35.5 Å². The number of sulfone groups is 2. The van der Waals surface area contributed by atoms with Gasteiger partial charge in [0.15, 0.2) is 19.7 Å². The van der Waals surface area contributed by atoms with E-state index in [0.29, 0.717) is 60.7 Å². The van der Waals surface area contributed by atoms with Crippen LogP contribution in [0.3, 0.4) is 0 Å². The zero-order valence-electron chi connectivity index (χ0n) is 38.2. The Kier molecular flexibility index (Phi) is 12.9. The number of rotatable bonds is 6. The zero-order chi connectivity index (χ0) is 41.3. The Bertz CT molecular complexity index is 1560. The summed E-state index contributed by atoms with van der Waals surface area (Å²) in [6.07, 6.45) is 39.1. The molecule has 11 rings (SSSR count). The highest BCUT2D eigenvalue weighted by molar-refractivity contribution is 7.93. The SMILES string of the molecule is O=S(=O)(C1CCCCC1)C1CC2C(CC1N1C3CCCCC3CCC3CCCCC31)OC1CC(N3C4CCCCC4CCC4CCCCC43)C(S(=O)(=O)C3CCCCC3)CC12. The first-order valence-electron chi connectivity index (χ1n) is 27.4. The molecule has 7 nitrogen and oxygen atoms in total. The third kappa shape index (κ3) is 8.02. The second-order valence-electron chi connectivity index (χ2n) is 23.9. The molecule has 16 unspecified atom stereocenters. The molecule has 0 radical (unpaired) electrons. The minimum absolute atomic E-state index is 0.0387. The Hall–Kier alpha value is -0.220. The van der Waals surface area contributed by atoms with Crippen molar-refractivity contribution in [3.8, 4) is 0 Å². The van der Waals surface area contributed by atoms with Crippen molar-refractivity contribution in [2.45, 2.75) is 288 Å². The van der Waals surface area contributed by atoms with E-state index in [0.717, 1.165) is 64.2 Å². The number of nitrogens with zero attached hydrogens (tertiary/aromatic N) is 2. The zero-order valence-corrected chi connectivity index (χ0v) is 39.8. The van der Waals surface area contributed by atoms with Crippen LogP contribution in [-0.4, -0.2) is 96.1 Å². The van der Waals surface area contributed by atoms with Gasteiger partial charge in [-0.1, -0.05) is 89.9 Å². The van der Waals surface area contributed by atoms with Crippen molar-refractivity contribution in [3.63, 3.8) is 0 Å². The molecule has 346 valence electrons. The number of hydrogen-bond acceptors (Lipinski definition) is 7. The van der Waals surface area contributed by atoms with Gasteiger partial charge in [-0.05, 0) is 164 Å². The maximum absolute atomic E-state index is 15.6. The normalized spacial score (nSPS) is 47.3. The Labute approximate surface area is 372 Å². The molecule has 0 aromatic rings. The van der Waals surface area contributed by atoms with E-state index in [9.17, 15) is 0 Å². The van der Waals surface area contributed by atoms with E-state index in [4.69, 9.17) is 4.74 Å². The van der Waals surface area contributed by atoms with Gasteiger partial charge in [-0.2, -0.15) is 0 Å². The van der Waals surface area contributed by atoms with Gasteiger partial charge in [0, 0.05) is 36.3 Å². The van der Waals surface area contributed by atoms with Gasteiger partial charge in [-0.3, -0.25) is 9.80 Å². The molecule has 0 aromatic carbocycles. The topological polar surface area (TPSA) is 84.0 Å². The quantitative estimate of drug-likeness (QED) is 0.263. The molecule has 3 aliphatic heterocycles. The Morgan fingerprint density at radius 2 is 0.607 bits per heavy atom. The summed E-state index contributed by atoms with van der Waals surface area (Å²) in [6.45, 7) is 0. The Morgan fingerprint density at radius 1 is 0.311 bits per heavy atom. The van der Waals surface area contributed by atoms with E-state index in [2.05, 4.69) is 9.80 Å². The molecule has 61 heavy (non-hydrogen) atoms. The van der Waals surface area contributed by atoms with Crippen molar-refractivity contribution in [1.29, 1.82) is 0 Å². The fraction of sp³-hybridized carbons (Fsp3) is 1.00. The molecule has 0 bridgehead atoms. The molecule has 8 saturated carbocycles. The van der Waals surface area contributed by atoms with Crippen LogP contribution in [0.2, 0.25) is 0 Å². The van der Waals surface area contributed by atoms with Crippen LogP contribution in [-0.2, 0) is 24.4 Å². The lowest BCUT2D eigenvalue weighted by atomic mass is 9.69. The van der Waals surface area contributed by atoms with Crippen LogP contribution < -0.4 is 0 Å². The molecule has 16 atom stereocenters. The molecule has 3 saturated heterocycles. The van der Waals surface area contributed by atoms with Gasteiger partial charge in [0.2, 0.25) is 0 Å². The van der Waals surface area contributed by atoms with Crippen molar-refractivity contribution in [2.75, 3.05) is 0 Å². The van der Waals surface area contributed by atoms with E-state index < -0.39 is 19.7 Å². The highest BCUT2D eigenvalue weighted by atomic mass is 32.2. The summed E-state index contributed by atoms with van der Waals surface area (Å²) < 4.78 is 69.9. The lowest BCUT2D eigenvalue weighted by Gasteiger charge is -2.54. The number of hydrogen-bond donors (Lipinski definition) is 0. The van der Waals surface area contributed by atoms with Crippen LogP contribution in [0.25, 0.3) is 0 Å². The lowest BCUT2D eigenvalue weighted by molar-refractivity contribution is -0.0654. The maximum Gasteiger partial charge on any atom is 0.157 e. The number of ether oxygens (including phenoxy) is 1. The average Bonchev–Trinajstić information content (AvgIpc) is 3.44. The largest absolute Gasteiger partial charge is 0.374 e. The molecule has 11 fully saturated rings. The van der Waals surface area contributed by atoms with E-state index in [-0.39, 0.29) is 57.1 Å². The molecular formula is C52H86N2O5S2. The van der Waals surface area contributed by atoms with Crippen LogP contribution in [0.5, 0.6) is 0 Å². The van der Waals surface area contributed by atoms with Crippen molar-refractivity contribution in [2.24, 2.45) is 35.5 Å². The van der Waals surface area contributed by atoms with Crippen molar-refractivity contribution >= 4 is 19.7 Å². The Morgan fingerprint density at radius 3 is 0.934 bits per heavy atom. The second-order valence-corrected chi connectivity index (χ2v) is 28.8. The molecule has 9 heteroatoms. The van der Waals surface area contributed by atoms with Crippen LogP contribution in [0.1, 0.15) is 218 Å². The fourth-order valence-corrected chi connectivity index (χ4v) is 23.7. The minimum atomic E-state index is -3.39. The molecule has 11 aliphatic rings. The van der Waals surface area contributed by atoms with Gasteiger partial charge >= 0.3 is 0 Å². The first kappa shape index (κ1) is 43.4. The molecule has 3 heterocycles. The number of fused-ring (bicyclic) bond motifs is 7. The predicted octanol–water partition coefficient (Wildman–Crippen LogP) is 11.0. The van der Waals surface area contributed by atoms with E-state index >= 15 is 16.8 Å². The molecular weight excluding hydrogens is 797 g/mol. The summed E-state index contributed by atoms with van der Waals surface area (Å²) >= 11 is 0. The molecule has 0 spiro atoms. The minimum Gasteiger partial charge on any atom is -0.374 e. The monoisotopic (exact) mass is 883 g/mol. The Balaban J connectivity index is 0.970. The molecule has 0 amide bonds. The van der Waals surface area contributed by atoms with Crippen LogP contribution >= 0.6 is 0 Å². The highest BCUT2D eigenvalue weighted by Gasteiger charge is 2.62. The van der Waals surface area contributed by atoms with Crippen molar-refractivity contribution in [3.05, 3.63) is 0 Å². The lowest BCUT2D eigenvalue weighted by Crippen LogP contribution is -2.63. The van der Waals surface area contributed by atoms with Gasteiger partial charge in [0.1, 0.15) is 0 Å². The van der Waals surface area contributed by atoms with Crippen molar-refractivity contribution in [1.82, 2.24) is 9.80 Å². The van der Waals surface area contributed by atoms with E-state index in [1.54, 1.807) is 0 Å². The molecule has 0 N–H and O–H groups in total. The van der Waals surface area contributed by atoms with Gasteiger partial charge in [0.25, 0.3) is 0 Å². The smallest absolute Gasteiger partial charge is 0.157 e. The third-order valence-electron chi connectivity index (χ3n) is 21.1. The van der Waals surface area contributed by atoms with Crippen LogP contribution in [0.4, 0.5) is 0 Å². The summed E-state index contributed by atoms with van der Waals surface area (Å²) in [5.74, 6) is 3.12. The van der Waals surface area contributed by atoms with E-state index in [1.807, 2.05) is 0 Å². The van der Waals surface area contributed by atoms with Gasteiger partial charge in [-0.25, -0.2) is 16.8 Å². The van der Waals surface area contributed by atoms with Gasteiger partial charge in [-0.15, -0.1) is 0 Å². The number of likely N-dealkylation sites (tertiary alicyclic amines) is 2. The standard InChI is InChI=1S/C52H86N2O5S2/c55-60(56,39-19-3-1-4-20-39)51-31-41-42-32-52(61(57,58)40-21-5-2-6-22-40)48(54-45-25-13-9-17-37(45)29-30-38-18-10-14-26-46(38)54)34-50(42)59-49(41)33-47(51)53-43-23-11-7-15-35(43)27-28-36-16-8-12-24-44(36)53/h35-52H,1-34H2. The molecule has 0 aromatic heterocycles. The summed E-state index contributed by atoms with van der Waals surface area (Å²) in [7, 11) is -6.78. The van der Waals surface area contributed by atoms with Crippen LogP contribution in [0.15, 0.2) is 0 Å². The second kappa shape index (κ2) is 18.1. The summed E-state index contributed by atoms with van der Waals surface area (Å²) in [5.41, 5.74) is 0. The first-order valence-corrected chi connectivity index (χ1v) is 30.6. The molecule has 8 aliphatic carbocycles. The highest BCUT2D eigenvalue weighted by Crippen LogP contribution is 2.56. The van der Waals surface area contributed by atoms with Gasteiger partial charge in [0.05, 0.1) is 33.2 Å². The third-order valence-corrected chi connectivity index (χ3v) is 26.6. The predicted molar refractivity (Wildman–Crippen MR) is 246 cm³/mol. The summed E-state index contributed by atoms with van der Waals surface area (Å²) in [6, 6.07) is 2.13. The van der Waals surface area contributed by atoms with Gasteiger partial charge < -0.3 is 4.74 Å². The fourth-order valence-electron chi connectivity index (χ4n) is 18.3. The summed E-state index contributed by atoms with van der Waals surface area (Å²) in [5, 5.41) is -1.09. The first-order chi connectivity index (χ1) is 29.8. The van der Waals surface area contributed by atoms with E-state index in [1.165, 1.54) is 141 Å².